The van der Waals surface area contributed by atoms with Gasteiger partial charge in [-0.1, -0.05) is 6.92 Å². The van der Waals surface area contributed by atoms with E-state index in [1.54, 1.807) is 0 Å². The Bertz CT molecular complexity index is 756. The van der Waals surface area contributed by atoms with Crippen LogP contribution in [0.3, 0.4) is 0 Å². The predicted octanol–water partition coefficient (Wildman–Crippen LogP) is 3.25. The van der Waals surface area contributed by atoms with Crippen molar-refractivity contribution in [1.82, 2.24) is 4.98 Å². The third-order valence-electron chi connectivity index (χ3n) is 3.06. The molecule has 1 N–H and O–H groups in total. The molecule has 0 radical (unpaired) electrons. The van der Waals surface area contributed by atoms with Gasteiger partial charge in [-0.2, -0.15) is 5.26 Å². The number of ether oxygens (including phenoxy) is 2. The van der Waals surface area contributed by atoms with Crippen LogP contribution in [0.15, 0.2) is 18.3 Å². The summed E-state index contributed by atoms with van der Waals surface area (Å²) in [6.07, 6.45) is -1.41. The Kier molecular flexibility index (Phi) is 3.01. The van der Waals surface area contributed by atoms with Crippen molar-refractivity contribution < 1.29 is 18.3 Å². The largest absolute Gasteiger partial charge is 0.586 e. The topological polar surface area (TPSA) is 67.2 Å². The van der Waals surface area contributed by atoms with Crippen molar-refractivity contribution in [2.45, 2.75) is 19.6 Å². The lowest BCUT2D eigenvalue weighted by atomic mass is 10.1. The first kappa shape index (κ1) is 13.4. The summed E-state index contributed by atoms with van der Waals surface area (Å²) in [5.41, 5.74) is 1.36. The zero-order valence-electron chi connectivity index (χ0n) is 11.1. The Balaban J connectivity index is 2.18. The highest BCUT2D eigenvalue weighted by atomic mass is 19.3. The van der Waals surface area contributed by atoms with Crippen LogP contribution in [-0.2, 0) is 0 Å². The van der Waals surface area contributed by atoms with Crippen LogP contribution in [0.25, 0.3) is 10.9 Å². The van der Waals surface area contributed by atoms with Crippen molar-refractivity contribution in [1.29, 1.82) is 5.26 Å². The molecule has 2 aromatic rings. The second-order valence-electron chi connectivity index (χ2n) is 4.57. The molecule has 0 amide bonds. The number of nitrogens with one attached hydrogen (secondary N) is 1. The molecule has 3 rings (SSSR count). The van der Waals surface area contributed by atoms with E-state index in [0.29, 0.717) is 28.7 Å². The summed E-state index contributed by atoms with van der Waals surface area (Å²) >= 11 is 0. The number of benzene rings is 1. The number of nitriles is 1. The Labute approximate surface area is 119 Å². The minimum absolute atomic E-state index is 0.0638. The molecule has 1 aliphatic heterocycles. The Morgan fingerprint density at radius 1 is 1.33 bits per heavy atom. The van der Waals surface area contributed by atoms with E-state index in [2.05, 4.69) is 19.8 Å². The third kappa shape index (κ3) is 2.29. The zero-order valence-corrected chi connectivity index (χ0v) is 11.1. The molecule has 2 heterocycles. The maximum Gasteiger partial charge on any atom is 0.586 e. The molecule has 21 heavy (non-hydrogen) atoms. The van der Waals surface area contributed by atoms with Gasteiger partial charge in [-0.25, -0.2) is 0 Å². The van der Waals surface area contributed by atoms with Crippen molar-refractivity contribution >= 4 is 16.6 Å². The van der Waals surface area contributed by atoms with E-state index < -0.39 is 6.29 Å². The molecular formula is C14H11F2N3O2. The summed E-state index contributed by atoms with van der Waals surface area (Å²) in [6, 6.07) is 4.83. The number of alkyl halides is 2. The first-order valence-corrected chi connectivity index (χ1v) is 6.40. The maximum atomic E-state index is 13.1. The van der Waals surface area contributed by atoms with E-state index in [1.165, 1.54) is 18.3 Å². The fourth-order valence-corrected chi connectivity index (χ4v) is 2.16. The molecule has 0 saturated carbocycles. The summed E-state index contributed by atoms with van der Waals surface area (Å²) in [6.45, 7) is 2.63. The monoisotopic (exact) mass is 291 g/mol. The van der Waals surface area contributed by atoms with Gasteiger partial charge in [0.15, 0.2) is 11.5 Å². The molecule has 108 valence electrons. The molecule has 0 unspecified atom stereocenters. The van der Waals surface area contributed by atoms with E-state index in [0.717, 1.165) is 6.42 Å². The van der Waals surface area contributed by atoms with Crippen molar-refractivity contribution in [3.63, 3.8) is 0 Å². The fraction of sp³-hybridized carbons (Fsp3) is 0.286. The lowest BCUT2D eigenvalue weighted by molar-refractivity contribution is -0.286. The van der Waals surface area contributed by atoms with Gasteiger partial charge in [0.05, 0.1) is 16.8 Å². The number of rotatable bonds is 3. The molecule has 0 saturated heterocycles. The molecule has 1 aromatic heterocycles. The normalized spacial score (nSPS) is 15.0. The van der Waals surface area contributed by atoms with Gasteiger partial charge in [0, 0.05) is 24.2 Å². The number of hydrogen-bond donors (Lipinski definition) is 1. The van der Waals surface area contributed by atoms with Gasteiger partial charge < -0.3 is 14.8 Å². The average Bonchev–Trinajstić information content (AvgIpc) is 2.74. The average molecular weight is 291 g/mol. The molecule has 0 aliphatic carbocycles. The highest BCUT2D eigenvalue weighted by Gasteiger charge is 2.43. The molecule has 0 fully saturated rings. The Morgan fingerprint density at radius 2 is 2.05 bits per heavy atom. The van der Waals surface area contributed by atoms with E-state index >= 15 is 0 Å². The maximum absolute atomic E-state index is 13.1. The van der Waals surface area contributed by atoms with Gasteiger partial charge in [0.1, 0.15) is 6.07 Å². The van der Waals surface area contributed by atoms with Gasteiger partial charge in [0.2, 0.25) is 0 Å². The van der Waals surface area contributed by atoms with E-state index in [1.807, 2.05) is 13.0 Å². The van der Waals surface area contributed by atoms with E-state index in [4.69, 9.17) is 5.26 Å². The number of hydrogen-bond acceptors (Lipinski definition) is 5. The summed E-state index contributed by atoms with van der Waals surface area (Å²) in [7, 11) is 0. The summed E-state index contributed by atoms with van der Waals surface area (Å²) in [5.74, 6) is -0.130. The molecule has 0 spiro atoms. The van der Waals surface area contributed by atoms with Crippen LogP contribution in [0.5, 0.6) is 11.5 Å². The Hall–Kier alpha value is -2.62. The molecule has 1 aromatic carbocycles. The van der Waals surface area contributed by atoms with Gasteiger partial charge >= 0.3 is 6.29 Å². The van der Waals surface area contributed by atoms with Crippen LogP contribution in [0, 0.1) is 11.3 Å². The van der Waals surface area contributed by atoms with E-state index in [-0.39, 0.29) is 11.5 Å². The number of aromatic nitrogens is 1. The van der Waals surface area contributed by atoms with Crippen LogP contribution in [-0.4, -0.2) is 17.8 Å². The second-order valence-corrected chi connectivity index (χ2v) is 4.57. The molecule has 7 heteroatoms. The first-order chi connectivity index (χ1) is 10.0. The molecule has 5 nitrogen and oxygen atoms in total. The number of fused-ring (bicyclic) bond motifs is 2. The van der Waals surface area contributed by atoms with Gasteiger partial charge in [0.25, 0.3) is 0 Å². The van der Waals surface area contributed by atoms with Crippen molar-refractivity contribution in [3.8, 4) is 17.6 Å². The highest BCUT2D eigenvalue weighted by molar-refractivity contribution is 5.96. The second kappa shape index (κ2) is 4.74. The summed E-state index contributed by atoms with van der Waals surface area (Å²) in [5, 5.41) is 12.8. The molecule has 0 atom stereocenters. The van der Waals surface area contributed by atoms with E-state index in [9.17, 15) is 8.78 Å². The summed E-state index contributed by atoms with van der Waals surface area (Å²) < 4.78 is 35.0. The summed E-state index contributed by atoms with van der Waals surface area (Å²) in [4.78, 5) is 4.10. The van der Waals surface area contributed by atoms with Crippen LogP contribution in [0.1, 0.15) is 18.9 Å². The van der Waals surface area contributed by atoms with Gasteiger partial charge in [-0.15, -0.1) is 8.78 Å². The highest BCUT2D eigenvalue weighted by Crippen LogP contribution is 2.44. The fourth-order valence-electron chi connectivity index (χ4n) is 2.16. The molecular weight excluding hydrogens is 280 g/mol. The third-order valence-corrected chi connectivity index (χ3v) is 3.06. The van der Waals surface area contributed by atoms with Crippen molar-refractivity contribution in [2.24, 2.45) is 0 Å². The Morgan fingerprint density at radius 3 is 2.71 bits per heavy atom. The molecule has 0 bridgehead atoms. The number of nitrogens with zero attached hydrogens (tertiary/aromatic N) is 2. The zero-order chi connectivity index (χ0) is 15.0. The lowest BCUT2D eigenvalue weighted by Gasteiger charge is -2.10. The SMILES string of the molecule is CCCNc1c(C#N)cnc2cc3c(cc12)OC(F)(F)O3. The van der Waals surface area contributed by atoms with Crippen LogP contribution in [0.4, 0.5) is 14.5 Å². The molecule has 1 aliphatic rings. The van der Waals surface area contributed by atoms with Crippen LogP contribution in [0.2, 0.25) is 0 Å². The first-order valence-electron chi connectivity index (χ1n) is 6.40. The van der Waals surface area contributed by atoms with Crippen molar-refractivity contribution in [3.05, 3.63) is 23.9 Å². The van der Waals surface area contributed by atoms with Crippen LogP contribution < -0.4 is 14.8 Å². The van der Waals surface area contributed by atoms with Gasteiger partial charge in [-0.05, 0) is 12.5 Å². The lowest BCUT2D eigenvalue weighted by Crippen LogP contribution is -2.25. The van der Waals surface area contributed by atoms with Crippen molar-refractivity contribution in [2.75, 3.05) is 11.9 Å². The predicted molar refractivity (Wildman–Crippen MR) is 71.4 cm³/mol. The van der Waals surface area contributed by atoms with Gasteiger partial charge in [-0.3, -0.25) is 4.98 Å². The standard InChI is InChI=1S/C14H11F2N3O2/c1-2-3-18-13-8(6-17)7-19-10-5-12-11(4-9(10)13)20-14(15,16)21-12/h4-5,7H,2-3H2,1H3,(H,18,19). The number of halogens is 2. The quantitative estimate of drug-likeness (QED) is 0.940. The number of anilines is 1. The number of pyridine rings is 1. The van der Waals surface area contributed by atoms with Crippen LogP contribution >= 0.6 is 0 Å². The smallest absolute Gasteiger partial charge is 0.395 e. The minimum atomic E-state index is -3.67. The minimum Gasteiger partial charge on any atom is -0.395 e.